The second kappa shape index (κ2) is 10.3. The van der Waals surface area contributed by atoms with Gasteiger partial charge < -0.3 is 19.9 Å². The standard InChI is InChI=1S/C24H29F3N3O4PS/c1-15(2)36(32,33)22-9-7-6-8-19(22)29-20-13-23(28-14-17(20)24(25,26)27)30-18-11-10-16(35(4,5)31)12-21(18)34-3/h8-15H,6-7H2,1-5H3,(H2,28,29,30). The predicted octanol–water partition coefficient (Wildman–Crippen LogP) is 5.90. The van der Waals surface area contributed by atoms with Crippen LogP contribution < -0.4 is 20.7 Å². The first kappa shape index (κ1) is 27.8. The number of sulfone groups is 1. The number of halogens is 3. The smallest absolute Gasteiger partial charge is 0.419 e. The van der Waals surface area contributed by atoms with Crippen molar-refractivity contribution in [2.75, 3.05) is 31.1 Å². The maximum Gasteiger partial charge on any atom is 0.419 e. The highest BCUT2D eigenvalue weighted by atomic mass is 32.2. The number of nitrogens with zero attached hydrogens (tertiary/aromatic N) is 1. The Kier molecular flexibility index (Phi) is 7.95. The monoisotopic (exact) mass is 543 g/mol. The van der Waals surface area contributed by atoms with E-state index >= 15 is 0 Å². The summed E-state index contributed by atoms with van der Waals surface area (Å²) in [5.41, 5.74) is -0.879. The minimum Gasteiger partial charge on any atom is -0.495 e. The van der Waals surface area contributed by atoms with Gasteiger partial charge in [-0.25, -0.2) is 13.4 Å². The molecule has 1 aromatic heterocycles. The molecule has 12 heteroatoms. The van der Waals surface area contributed by atoms with Crippen molar-refractivity contribution in [2.45, 2.75) is 38.1 Å². The summed E-state index contributed by atoms with van der Waals surface area (Å²) in [6.07, 6.45) is 0.0176. The van der Waals surface area contributed by atoms with Gasteiger partial charge in [0.25, 0.3) is 0 Å². The highest BCUT2D eigenvalue weighted by Gasteiger charge is 2.35. The largest absolute Gasteiger partial charge is 0.495 e. The Morgan fingerprint density at radius 3 is 2.31 bits per heavy atom. The van der Waals surface area contributed by atoms with E-state index in [-0.39, 0.29) is 22.1 Å². The maximum atomic E-state index is 13.8. The SMILES string of the molecule is COc1cc(P(C)(C)=O)ccc1Nc1cc(NC2=CCCC=C2S(=O)(=O)C(C)C)c(C(F)(F)F)cn1. The Morgan fingerprint density at radius 2 is 1.72 bits per heavy atom. The van der Waals surface area contributed by atoms with Gasteiger partial charge in [-0.2, -0.15) is 13.2 Å². The van der Waals surface area contributed by atoms with Crippen molar-refractivity contribution in [3.05, 3.63) is 58.8 Å². The van der Waals surface area contributed by atoms with Crippen LogP contribution in [0.2, 0.25) is 0 Å². The van der Waals surface area contributed by atoms with Gasteiger partial charge in [-0.1, -0.05) is 12.2 Å². The third-order valence-electron chi connectivity index (χ3n) is 5.59. The van der Waals surface area contributed by atoms with E-state index in [9.17, 15) is 26.2 Å². The number of rotatable bonds is 8. The number of benzene rings is 1. The minimum absolute atomic E-state index is 0.0241. The number of nitrogens with one attached hydrogen (secondary N) is 2. The summed E-state index contributed by atoms with van der Waals surface area (Å²) in [4.78, 5) is 3.88. The molecule has 2 N–H and O–H groups in total. The molecular weight excluding hydrogens is 514 g/mol. The zero-order valence-corrected chi connectivity index (χ0v) is 22.3. The molecule has 196 valence electrons. The van der Waals surface area contributed by atoms with Crippen LogP contribution in [0.15, 0.2) is 53.2 Å². The lowest BCUT2D eigenvalue weighted by atomic mass is 10.1. The van der Waals surface area contributed by atoms with E-state index in [1.165, 1.54) is 27.0 Å². The molecule has 0 saturated heterocycles. The zero-order chi connectivity index (χ0) is 26.9. The Balaban J connectivity index is 2.02. The second-order valence-electron chi connectivity index (χ2n) is 8.96. The van der Waals surface area contributed by atoms with Gasteiger partial charge in [0.05, 0.1) is 39.9 Å². The van der Waals surface area contributed by atoms with E-state index in [1.54, 1.807) is 37.6 Å². The van der Waals surface area contributed by atoms with Crippen molar-refractivity contribution in [3.8, 4) is 5.75 Å². The lowest BCUT2D eigenvalue weighted by Crippen LogP contribution is -2.22. The molecule has 1 heterocycles. The molecule has 0 radical (unpaired) electrons. The topological polar surface area (TPSA) is 97.4 Å². The Morgan fingerprint density at radius 1 is 1.06 bits per heavy atom. The molecule has 0 saturated carbocycles. The van der Waals surface area contributed by atoms with Crippen LogP contribution in [0.4, 0.5) is 30.4 Å². The first-order valence-corrected chi connectivity index (χ1v) is 15.3. The molecule has 7 nitrogen and oxygen atoms in total. The van der Waals surface area contributed by atoms with Crippen molar-refractivity contribution >= 4 is 39.5 Å². The van der Waals surface area contributed by atoms with Crippen LogP contribution in [0, 0.1) is 0 Å². The summed E-state index contributed by atoms with van der Waals surface area (Å²) >= 11 is 0. The number of aromatic nitrogens is 1. The van der Waals surface area contributed by atoms with E-state index in [0.29, 0.717) is 35.8 Å². The van der Waals surface area contributed by atoms with Crippen LogP contribution in [0.3, 0.4) is 0 Å². The third kappa shape index (κ3) is 6.13. The quantitative estimate of drug-likeness (QED) is 0.400. The van der Waals surface area contributed by atoms with Gasteiger partial charge in [0, 0.05) is 17.6 Å². The molecule has 3 rings (SSSR count). The molecule has 0 fully saturated rings. The van der Waals surface area contributed by atoms with E-state index in [1.807, 2.05) is 0 Å². The first-order chi connectivity index (χ1) is 16.6. The average Bonchev–Trinajstić information content (AvgIpc) is 2.78. The van der Waals surface area contributed by atoms with E-state index in [0.717, 1.165) is 6.07 Å². The Labute approximate surface area is 209 Å². The molecule has 0 bridgehead atoms. The molecule has 0 aliphatic heterocycles. The summed E-state index contributed by atoms with van der Waals surface area (Å²) in [6.45, 7) is 6.28. The van der Waals surface area contributed by atoms with Gasteiger partial charge in [0.15, 0.2) is 9.84 Å². The van der Waals surface area contributed by atoms with Crippen LogP contribution >= 0.6 is 7.14 Å². The van der Waals surface area contributed by atoms with Crippen LogP contribution in [0.25, 0.3) is 0 Å². The number of ether oxygens (including phenoxy) is 1. The van der Waals surface area contributed by atoms with Gasteiger partial charge in [-0.3, -0.25) is 0 Å². The molecule has 36 heavy (non-hydrogen) atoms. The van der Waals surface area contributed by atoms with Crippen LogP contribution in [-0.2, 0) is 20.6 Å². The van der Waals surface area contributed by atoms with E-state index < -0.39 is 34.0 Å². The van der Waals surface area contributed by atoms with Gasteiger partial charge in [-0.05, 0) is 58.2 Å². The van der Waals surface area contributed by atoms with Crippen LogP contribution in [0.5, 0.6) is 5.75 Å². The van der Waals surface area contributed by atoms with Crippen LogP contribution in [-0.4, -0.2) is 39.1 Å². The molecule has 0 amide bonds. The van der Waals surface area contributed by atoms with Gasteiger partial charge in [0.1, 0.15) is 18.7 Å². The highest BCUT2D eigenvalue weighted by Crippen LogP contribution is 2.40. The maximum absolute atomic E-state index is 13.8. The lowest BCUT2D eigenvalue weighted by molar-refractivity contribution is -0.137. The van der Waals surface area contributed by atoms with E-state index in [2.05, 4.69) is 15.6 Å². The molecule has 0 unspecified atom stereocenters. The second-order valence-corrected chi connectivity index (χ2v) is 14.6. The lowest BCUT2D eigenvalue weighted by Gasteiger charge is -2.22. The fourth-order valence-electron chi connectivity index (χ4n) is 3.54. The summed E-state index contributed by atoms with van der Waals surface area (Å²) in [7, 11) is -4.86. The minimum atomic E-state index is -4.73. The van der Waals surface area contributed by atoms with Gasteiger partial charge in [0.2, 0.25) is 0 Å². The van der Waals surface area contributed by atoms with E-state index in [4.69, 9.17) is 4.74 Å². The summed E-state index contributed by atoms with van der Waals surface area (Å²) < 4.78 is 84.8. The van der Waals surface area contributed by atoms with Crippen molar-refractivity contribution in [2.24, 2.45) is 0 Å². The number of alkyl halides is 3. The molecule has 1 aliphatic rings. The number of hydrogen-bond acceptors (Lipinski definition) is 7. The Bertz CT molecular complexity index is 1360. The summed E-state index contributed by atoms with van der Waals surface area (Å²) in [5, 5.41) is 5.48. The fourth-order valence-corrected chi connectivity index (χ4v) is 5.70. The normalized spacial score (nSPS) is 14.8. The first-order valence-electron chi connectivity index (χ1n) is 11.1. The van der Waals surface area contributed by atoms with Crippen molar-refractivity contribution in [1.29, 1.82) is 0 Å². The highest BCUT2D eigenvalue weighted by molar-refractivity contribution is 7.96. The fraction of sp³-hybridized carbons (Fsp3) is 0.375. The van der Waals surface area contributed by atoms with Crippen molar-refractivity contribution in [3.63, 3.8) is 0 Å². The summed E-state index contributed by atoms with van der Waals surface area (Å²) in [5.74, 6) is 0.414. The number of methoxy groups -OCH3 is 1. The predicted molar refractivity (Wildman–Crippen MR) is 138 cm³/mol. The number of pyridine rings is 1. The average molecular weight is 544 g/mol. The molecule has 0 atom stereocenters. The zero-order valence-electron chi connectivity index (χ0n) is 20.6. The molecule has 2 aromatic rings. The molecule has 0 spiro atoms. The molecular formula is C24H29F3N3O4PS. The number of allylic oxidation sites excluding steroid dienone is 2. The molecule has 1 aliphatic carbocycles. The summed E-state index contributed by atoms with van der Waals surface area (Å²) in [6, 6.07) is 6.03. The van der Waals surface area contributed by atoms with Crippen LogP contribution in [0.1, 0.15) is 32.3 Å². The number of hydrogen-bond donors (Lipinski definition) is 2. The third-order valence-corrected chi connectivity index (χ3v) is 9.35. The van der Waals surface area contributed by atoms with Crippen molar-refractivity contribution in [1.82, 2.24) is 4.98 Å². The molecule has 1 aromatic carbocycles. The van der Waals surface area contributed by atoms with Crippen molar-refractivity contribution < 1.29 is 30.9 Å². The Hall–Kier alpha value is -2.78. The van der Waals surface area contributed by atoms with Gasteiger partial charge in [-0.15, -0.1) is 0 Å². The van der Waals surface area contributed by atoms with Gasteiger partial charge >= 0.3 is 6.18 Å². The number of anilines is 3.